The van der Waals surface area contributed by atoms with E-state index < -0.39 is 5.91 Å². The first-order chi connectivity index (χ1) is 10.1. The molecule has 0 atom stereocenters. The molecule has 1 rings (SSSR count). The summed E-state index contributed by atoms with van der Waals surface area (Å²) < 4.78 is 6.17. The number of amides is 2. The average Bonchev–Trinajstić information content (AvgIpc) is 2.47. The zero-order valence-electron chi connectivity index (χ0n) is 12.4. The highest BCUT2D eigenvalue weighted by molar-refractivity contribution is 9.10. The first-order valence-corrected chi connectivity index (χ1v) is 7.89. The number of hydrogen-bond donors (Lipinski definition) is 2. The zero-order chi connectivity index (χ0) is 15.7. The fourth-order valence-electron chi connectivity index (χ4n) is 1.75. The Hall–Kier alpha value is -1.56. The predicted molar refractivity (Wildman–Crippen MR) is 85.1 cm³/mol. The van der Waals surface area contributed by atoms with Gasteiger partial charge in [-0.05, 0) is 31.5 Å². The molecule has 0 saturated carbocycles. The Kier molecular flexibility index (Phi) is 7.82. The molecular formula is C15H21BrN2O3. The van der Waals surface area contributed by atoms with Gasteiger partial charge in [0.05, 0.1) is 12.2 Å². The van der Waals surface area contributed by atoms with Crippen molar-refractivity contribution in [2.45, 2.75) is 39.5 Å². The van der Waals surface area contributed by atoms with Crippen molar-refractivity contribution in [3.8, 4) is 5.75 Å². The Labute approximate surface area is 133 Å². The predicted octanol–water partition coefficient (Wildman–Crippen LogP) is 3.19. The zero-order valence-corrected chi connectivity index (χ0v) is 14.0. The lowest BCUT2D eigenvalue weighted by Gasteiger charge is -2.11. The fraction of sp³-hybridized carbons (Fsp3) is 0.467. The summed E-state index contributed by atoms with van der Waals surface area (Å²) in [5.74, 6) is -0.105. The normalized spacial score (nSPS) is 10.0. The minimum absolute atomic E-state index is 0.190. The van der Waals surface area contributed by atoms with Crippen LogP contribution in [0.4, 0.5) is 0 Å². The maximum atomic E-state index is 12.1. The van der Waals surface area contributed by atoms with Crippen molar-refractivity contribution >= 4 is 27.7 Å². The van der Waals surface area contributed by atoms with E-state index >= 15 is 0 Å². The number of carbonyl (C=O) groups is 2. The van der Waals surface area contributed by atoms with Crippen molar-refractivity contribution in [2.24, 2.45) is 0 Å². The summed E-state index contributed by atoms with van der Waals surface area (Å²) in [7, 11) is 0. The summed E-state index contributed by atoms with van der Waals surface area (Å²) in [5, 5.41) is 0. The van der Waals surface area contributed by atoms with Crippen LogP contribution < -0.4 is 15.6 Å². The molecule has 2 N–H and O–H groups in total. The summed E-state index contributed by atoms with van der Waals surface area (Å²) >= 11 is 3.31. The number of halogens is 1. The smallest absolute Gasteiger partial charge is 0.273 e. The van der Waals surface area contributed by atoms with Crippen LogP contribution in [0.1, 0.15) is 49.9 Å². The van der Waals surface area contributed by atoms with E-state index in [1.807, 2.05) is 6.92 Å². The molecule has 0 aromatic heterocycles. The highest BCUT2D eigenvalue weighted by atomic mass is 79.9. The van der Waals surface area contributed by atoms with Gasteiger partial charge in [0, 0.05) is 10.9 Å². The van der Waals surface area contributed by atoms with E-state index in [9.17, 15) is 9.59 Å². The van der Waals surface area contributed by atoms with Crippen LogP contribution in [0.5, 0.6) is 5.75 Å². The van der Waals surface area contributed by atoms with Crippen LogP contribution in [-0.2, 0) is 4.79 Å². The first-order valence-electron chi connectivity index (χ1n) is 7.10. The molecule has 5 nitrogen and oxygen atoms in total. The van der Waals surface area contributed by atoms with Gasteiger partial charge >= 0.3 is 0 Å². The van der Waals surface area contributed by atoms with Crippen molar-refractivity contribution in [2.75, 3.05) is 6.61 Å². The molecule has 0 spiro atoms. The van der Waals surface area contributed by atoms with Gasteiger partial charge in [0.25, 0.3) is 5.91 Å². The molecule has 0 heterocycles. The maximum absolute atomic E-state index is 12.1. The molecule has 116 valence electrons. The molecule has 0 radical (unpaired) electrons. The molecule has 0 aliphatic rings. The van der Waals surface area contributed by atoms with E-state index in [1.54, 1.807) is 18.2 Å². The summed E-state index contributed by atoms with van der Waals surface area (Å²) in [6.07, 6.45) is 3.28. The monoisotopic (exact) mass is 356 g/mol. The highest BCUT2D eigenvalue weighted by Gasteiger charge is 2.13. The molecule has 1 aromatic rings. The third-order valence-electron chi connectivity index (χ3n) is 2.81. The van der Waals surface area contributed by atoms with E-state index in [1.165, 1.54) is 0 Å². The summed E-state index contributed by atoms with van der Waals surface area (Å²) in [6.45, 7) is 4.38. The van der Waals surface area contributed by atoms with Crippen LogP contribution in [0.3, 0.4) is 0 Å². The van der Waals surface area contributed by atoms with Gasteiger partial charge in [0.15, 0.2) is 0 Å². The van der Waals surface area contributed by atoms with Crippen LogP contribution in [-0.4, -0.2) is 18.4 Å². The van der Waals surface area contributed by atoms with Crippen molar-refractivity contribution in [1.82, 2.24) is 10.9 Å². The molecule has 6 heteroatoms. The van der Waals surface area contributed by atoms with Crippen molar-refractivity contribution in [3.63, 3.8) is 0 Å². The first kappa shape index (κ1) is 17.5. The second kappa shape index (κ2) is 9.39. The van der Waals surface area contributed by atoms with Crippen molar-refractivity contribution in [1.29, 1.82) is 0 Å². The summed E-state index contributed by atoms with van der Waals surface area (Å²) in [6, 6.07) is 5.17. The molecule has 0 bridgehead atoms. The topological polar surface area (TPSA) is 67.4 Å². The van der Waals surface area contributed by atoms with Gasteiger partial charge < -0.3 is 4.74 Å². The Balaban J connectivity index is 2.58. The molecule has 0 fully saturated rings. The number of nitrogens with one attached hydrogen (secondary N) is 2. The van der Waals surface area contributed by atoms with Gasteiger partial charge in [-0.25, -0.2) is 0 Å². The number of carbonyl (C=O) groups excluding carboxylic acids is 2. The number of benzene rings is 1. The molecule has 0 aliphatic heterocycles. The van der Waals surface area contributed by atoms with Crippen molar-refractivity contribution in [3.05, 3.63) is 28.2 Å². The molecule has 21 heavy (non-hydrogen) atoms. The van der Waals surface area contributed by atoms with Gasteiger partial charge in [-0.1, -0.05) is 35.7 Å². The van der Waals surface area contributed by atoms with Crippen LogP contribution in [0.2, 0.25) is 0 Å². The molecular weight excluding hydrogens is 336 g/mol. The second-order valence-electron chi connectivity index (χ2n) is 4.53. The number of hydrazine groups is 1. The second-order valence-corrected chi connectivity index (χ2v) is 5.45. The average molecular weight is 357 g/mol. The van der Waals surface area contributed by atoms with Gasteiger partial charge in [-0.15, -0.1) is 0 Å². The molecule has 0 aliphatic carbocycles. The molecule has 0 saturated heterocycles. The lowest BCUT2D eigenvalue weighted by atomic mass is 10.2. The van der Waals surface area contributed by atoms with E-state index in [4.69, 9.17) is 4.74 Å². The fourth-order valence-corrected chi connectivity index (χ4v) is 2.11. The lowest BCUT2D eigenvalue weighted by Crippen LogP contribution is -2.41. The van der Waals surface area contributed by atoms with E-state index in [-0.39, 0.29) is 5.91 Å². The molecule has 2 amide bonds. The Morgan fingerprint density at radius 2 is 1.95 bits per heavy atom. The molecule has 0 unspecified atom stereocenters. The maximum Gasteiger partial charge on any atom is 0.273 e. The van der Waals surface area contributed by atoms with Crippen LogP contribution in [0, 0.1) is 0 Å². The largest absolute Gasteiger partial charge is 0.493 e. The summed E-state index contributed by atoms with van der Waals surface area (Å²) in [4.78, 5) is 23.7. The quantitative estimate of drug-likeness (QED) is 0.582. The van der Waals surface area contributed by atoms with Gasteiger partial charge in [-0.3, -0.25) is 20.4 Å². The summed E-state index contributed by atoms with van der Waals surface area (Å²) in [5.41, 5.74) is 5.21. The van der Waals surface area contributed by atoms with Crippen molar-refractivity contribution < 1.29 is 14.3 Å². The van der Waals surface area contributed by atoms with E-state index in [2.05, 4.69) is 33.7 Å². The minimum atomic E-state index is -0.399. The van der Waals surface area contributed by atoms with Crippen LogP contribution in [0.15, 0.2) is 22.7 Å². The Morgan fingerprint density at radius 3 is 2.62 bits per heavy atom. The van der Waals surface area contributed by atoms with E-state index in [0.29, 0.717) is 24.3 Å². The molecule has 1 aromatic carbocycles. The Bertz CT molecular complexity index is 492. The Morgan fingerprint density at radius 1 is 1.19 bits per heavy atom. The third kappa shape index (κ3) is 6.16. The lowest BCUT2D eigenvalue weighted by molar-refractivity contribution is -0.121. The number of hydrogen-bond acceptors (Lipinski definition) is 3. The third-order valence-corrected chi connectivity index (χ3v) is 3.30. The van der Waals surface area contributed by atoms with Gasteiger partial charge in [0.2, 0.25) is 5.91 Å². The van der Waals surface area contributed by atoms with Crippen LogP contribution in [0.25, 0.3) is 0 Å². The highest BCUT2D eigenvalue weighted by Crippen LogP contribution is 2.23. The number of rotatable bonds is 7. The number of unbranched alkanes of at least 4 members (excludes halogenated alkanes) is 2. The SMILES string of the molecule is CCCCCC(=O)NNC(=O)c1cc(Br)ccc1OCC. The van der Waals surface area contributed by atoms with Crippen LogP contribution >= 0.6 is 15.9 Å². The minimum Gasteiger partial charge on any atom is -0.493 e. The van der Waals surface area contributed by atoms with Gasteiger partial charge in [0.1, 0.15) is 5.75 Å². The number of ether oxygens (including phenoxy) is 1. The van der Waals surface area contributed by atoms with Gasteiger partial charge in [-0.2, -0.15) is 0 Å². The van der Waals surface area contributed by atoms with E-state index in [0.717, 1.165) is 23.7 Å². The standard InChI is InChI=1S/C15H21BrN2O3/c1-3-5-6-7-14(19)17-18-15(20)12-10-11(16)8-9-13(12)21-4-2/h8-10H,3-7H2,1-2H3,(H,17,19)(H,18,20).